The highest BCUT2D eigenvalue weighted by molar-refractivity contribution is 7.89. The number of hydrogen-bond acceptors (Lipinski definition) is 2. The molecule has 0 spiro atoms. The summed E-state index contributed by atoms with van der Waals surface area (Å²) < 4.78 is 51.8. The van der Waals surface area contributed by atoms with Crippen molar-refractivity contribution in [2.45, 2.75) is 4.90 Å². The van der Waals surface area contributed by atoms with Gasteiger partial charge in [0.05, 0.1) is 20.0 Å². The number of sulfonamides is 1. The molecule has 27 heavy (non-hydrogen) atoms. The Balaban J connectivity index is 2.39. The molecule has 0 unspecified atom stereocenters. The third-order valence-corrected chi connectivity index (χ3v) is 6.00. The van der Waals surface area contributed by atoms with Gasteiger partial charge in [0.15, 0.2) is 11.6 Å². The molecule has 0 aliphatic heterocycles. The van der Waals surface area contributed by atoms with Gasteiger partial charge in [-0.2, -0.15) is 0 Å². The number of rotatable bonds is 3. The lowest BCUT2D eigenvalue weighted by atomic mass is 9.94. The fourth-order valence-electron chi connectivity index (χ4n) is 2.66. The Morgan fingerprint density at radius 2 is 1.30 bits per heavy atom. The zero-order valence-corrected chi connectivity index (χ0v) is 16.4. The van der Waals surface area contributed by atoms with Crippen LogP contribution < -0.4 is 5.14 Å². The van der Waals surface area contributed by atoms with Crippen molar-refractivity contribution in [3.8, 4) is 22.3 Å². The molecule has 0 heterocycles. The van der Waals surface area contributed by atoms with Crippen molar-refractivity contribution >= 4 is 44.8 Å². The van der Waals surface area contributed by atoms with Crippen molar-refractivity contribution in [3.63, 3.8) is 0 Å². The van der Waals surface area contributed by atoms with Crippen molar-refractivity contribution in [3.05, 3.63) is 75.2 Å². The van der Waals surface area contributed by atoms with Crippen LogP contribution in [0.25, 0.3) is 22.3 Å². The lowest BCUT2D eigenvalue weighted by Gasteiger charge is -2.15. The number of nitrogens with two attached hydrogens (primary N) is 1. The zero-order chi connectivity index (χ0) is 19.9. The van der Waals surface area contributed by atoms with E-state index in [0.717, 1.165) is 12.1 Å². The molecule has 0 aliphatic carbocycles. The van der Waals surface area contributed by atoms with E-state index in [2.05, 4.69) is 0 Å². The van der Waals surface area contributed by atoms with Gasteiger partial charge in [0.1, 0.15) is 0 Å². The molecule has 2 N–H and O–H groups in total. The molecule has 0 amide bonds. The first-order valence-electron chi connectivity index (χ1n) is 7.35. The van der Waals surface area contributed by atoms with Crippen molar-refractivity contribution in [1.82, 2.24) is 0 Å². The summed E-state index contributed by atoms with van der Waals surface area (Å²) in [7, 11) is -4.12. The molecular formula is C18H10Cl3F2NO2S. The summed E-state index contributed by atoms with van der Waals surface area (Å²) >= 11 is 18.0. The first kappa shape index (κ1) is 20.0. The van der Waals surface area contributed by atoms with Crippen LogP contribution in [-0.4, -0.2) is 8.42 Å². The summed E-state index contributed by atoms with van der Waals surface area (Å²) in [6, 6.07) is 10.4. The molecule has 0 aliphatic rings. The van der Waals surface area contributed by atoms with Gasteiger partial charge in [-0.3, -0.25) is 0 Å². The molecule has 0 radical (unpaired) electrons. The van der Waals surface area contributed by atoms with E-state index in [9.17, 15) is 17.2 Å². The van der Waals surface area contributed by atoms with Gasteiger partial charge >= 0.3 is 0 Å². The standard InChI is InChI=1S/C18H10Cl3F2NO2S/c19-13-5-9(6-14(20)18(13)21)11-7-15(22)16(23)8-12(11)10-3-1-2-4-17(10)27(24,25)26/h1-8H,(H2,24,25,26). The molecule has 0 aromatic heterocycles. The van der Waals surface area contributed by atoms with Crippen LogP contribution in [0.2, 0.25) is 15.1 Å². The van der Waals surface area contributed by atoms with Crippen LogP contribution in [0.5, 0.6) is 0 Å². The minimum absolute atomic E-state index is 0.105. The topological polar surface area (TPSA) is 60.2 Å². The first-order chi connectivity index (χ1) is 12.6. The SMILES string of the molecule is NS(=O)(=O)c1ccccc1-c1cc(F)c(F)cc1-c1cc(Cl)c(Cl)c(Cl)c1. The molecule has 0 bridgehead atoms. The first-order valence-corrected chi connectivity index (χ1v) is 10.0. The summed E-state index contributed by atoms with van der Waals surface area (Å²) in [6.45, 7) is 0. The summed E-state index contributed by atoms with van der Waals surface area (Å²) in [4.78, 5) is -0.233. The number of hydrogen-bond donors (Lipinski definition) is 1. The van der Waals surface area contributed by atoms with Gasteiger partial charge in [-0.1, -0.05) is 53.0 Å². The van der Waals surface area contributed by atoms with Crippen LogP contribution in [0.4, 0.5) is 8.78 Å². The molecule has 0 saturated heterocycles. The van der Waals surface area contributed by atoms with E-state index in [-0.39, 0.29) is 36.7 Å². The van der Waals surface area contributed by atoms with E-state index in [1.165, 1.54) is 30.3 Å². The molecule has 3 aromatic rings. The van der Waals surface area contributed by atoms with Gasteiger partial charge in [0.2, 0.25) is 10.0 Å². The lowest BCUT2D eigenvalue weighted by Crippen LogP contribution is -2.13. The van der Waals surface area contributed by atoms with Crippen molar-refractivity contribution < 1.29 is 17.2 Å². The van der Waals surface area contributed by atoms with Gasteiger partial charge < -0.3 is 0 Å². The van der Waals surface area contributed by atoms with Crippen molar-refractivity contribution in [1.29, 1.82) is 0 Å². The Hall–Kier alpha value is -1.70. The van der Waals surface area contributed by atoms with E-state index in [1.54, 1.807) is 6.07 Å². The average Bonchev–Trinajstić information content (AvgIpc) is 2.60. The Kier molecular flexibility index (Phi) is 5.47. The van der Waals surface area contributed by atoms with Crippen LogP contribution in [0.15, 0.2) is 53.4 Å². The summed E-state index contributed by atoms with van der Waals surface area (Å²) in [5.41, 5.74) is 0.710. The molecule has 3 nitrogen and oxygen atoms in total. The normalized spacial score (nSPS) is 11.6. The molecule has 0 fully saturated rings. The van der Waals surface area contributed by atoms with E-state index in [0.29, 0.717) is 5.56 Å². The second kappa shape index (κ2) is 7.37. The van der Waals surface area contributed by atoms with Crippen LogP contribution in [0.3, 0.4) is 0 Å². The monoisotopic (exact) mass is 447 g/mol. The molecular weight excluding hydrogens is 439 g/mol. The largest absolute Gasteiger partial charge is 0.238 e. The maximum atomic E-state index is 14.0. The maximum Gasteiger partial charge on any atom is 0.238 e. The zero-order valence-electron chi connectivity index (χ0n) is 13.3. The van der Waals surface area contributed by atoms with E-state index < -0.39 is 21.7 Å². The summed E-state index contributed by atoms with van der Waals surface area (Å²) in [6.07, 6.45) is 0. The predicted molar refractivity (Wildman–Crippen MR) is 104 cm³/mol. The highest BCUT2D eigenvalue weighted by Gasteiger charge is 2.21. The fourth-order valence-corrected chi connectivity index (χ4v) is 4.01. The number of benzene rings is 3. The van der Waals surface area contributed by atoms with Crippen LogP contribution in [-0.2, 0) is 10.0 Å². The van der Waals surface area contributed by atoms with E-state index in [1.807, 2.05) is 0 Å². The quantitative estimate of drug-likeness (QED) is 0.507. The third kappa shape index (κ3) is 3.95. The van der Waals surface area contributed by atoms with Gasteiger partial charge in [0, 0.05) is 5.56 Å². The van der Waals surface area contributed by atoms with E-state index >= 15 is 0 Å². The molecule has 3 rings (SSSR count). The maximum absolute atomic E-state index is 14.0. The number of primary sulfonamides is 1. The minimum atomic E-state index is -4.12. The van der Waals surface area contributed by atoms with Crippen molar-refractivity contribution in [2.75, 3.05) is 0 Å². The highest BCUT2D eigenvalue weighted by Crippen LogP contribution is 2.41. The summed E-state index contributed by atoms with van der Waals surface area (Å²) in [5, 5.41) is 5.58. The molecule has 0 saturated carbocycles. The van der Waals surface area contributed by atoms with E-state index in [4.69, 9.17) is 39.9 Å². The van der Waals surface area contributed by atoms with Crippen molar-refractivity contribution in [2.24, 2.45) is 5.14 Å². The third-order valence-electron chi connectivity index (χ3n) is 3.84. The Morgan fingerprint density at radius 3 is 1.85 bits per heavy atom. The Morgan fingerprint density at radius 1 is 0.778 bits per heavy atom. The fraction of sp³-hybridized carbons (Fsp3) is 0. The minimum Gasteiger partial charge on any atom is -0.225 e. The van der Waals surface area contributed by atoms with Crippen LogP contribution in [0, 0.1) is 11.6 Å². The Labute approximate surface area is 169 Å². The molecule has 0 atom stereocenters. The molecule has 3 aromatic carbocycles. The second-order valence-corrected chi connectivity index (χ2v) is 8.33. The van der Waals surface area contributed by atoms with Gasteiger partial charge in [-0.05, 0) is 47.0 Å². The average molecular weight is 449 g/mol. The predicted octanol–water partition coefficient (Wildman–Crippen LogP) is 5.91. The van der Waals surface area contributed by atoms with Gasteiger partial charge in [0.25, 0.3) is 0 Å². The van der Waals surface area contributed by atoms with Crippen LogP contribution >= 0.6 is 34.8 Å². The summed E-state index contributed by atoms with van der Waals surface area (Å²) in [5.74, 6) is -2.27. The molecule has 140 valence electrons. The van der Waals surface area contributed by atoms with Crippen LogP contribution in [0.1, 0.15) is 0 Å². The lowest BCUT2D eigenvalue weighted by molar-refractivity contribution is 0.509. The Bertz CT molecular complexity index is 1140. The smallest absolute Gasteiger partial charge is 0.225 e. The number of halogens is 5. The van der Waals surface area contributed by atoms with Gasteiger partial charge in [-0.15, -0.1) is 0 Å². The second-order valence-electron chi connectivity index (χ2n) is 5.61. The molecule has 9 heteroatoms. The highest BCUT2D eigenvalue weighted by atomic mass is 35.5. The van der Waals surface area contributed by atoms with Gasteiger partial charge in [-0.25, -0.2) is 22.3 Å².